The van der Waals surface area contributed by atoms with Crippen LogP contribution in [0.25, 0.3) is 0 Å². The van der Waals surface area contributed by atoms with Gasteiger partial charge in [-0.1, -0.05) is 37.0 Å². The van der Waals surface area contributed by atoms with Crippen LogP contribution >= 0.6 is 23.2 Å². The van der Waals surface area contributed by atoms with Crippen LogP contribution in [0.5, 0.6) is 0 Å². The molecule has 3 heteroatoms. The molecule has 20 heavy (non-hydrogen) atoms. The number of hydrogen-bond donors (Lipinski definition) is 1. The fourth-order valence-electron chi connectivity index (χ4n) is 3.36. The number of hydrogen-bond acceptors (Lipinski definition) is 1. The lowest BCUT2D eigenvalue weighted by Crippen LogP contribution is -2.35. The molecule has 1 atom stereocenters. The largest absolute Gasteiger partial charge is 0.327 e. The Kier molecular flexibility index (Phi) is 5.77. The molecule has 0 radical (unpaired) electrons. The third-order valence-corrected chi connectivity index (χ3v) is 5.43. The van der Waals surface area contributed by atoms with E-state index in [0.717, 1.165) is 33.9 Å². The molecule has 2 rings (SSSR count). The highest BCUT2D eigenvalue weighted by atomic mass is 35.5. The van der Waals surface area contributed by atoms with Gasteiger partial charge in [0.15, 0.2) is 0 Å². The van der Waals surface area contributed by atoms with Crippen molar-refractivity contribution in [2.45, 2.75) is 52.0 Å². The van der Waals surface area contributed by atoms with Crippen LogP contribution in [0.1, 0.15) is 45.1 Å². The zero-order chi connectivity index (χ0) is 14.7. The third kappa shape index (κ3) is 4.13. The molecule has 1 unspecified atom stereocenters. The molecule has 1 fully saturated rings. The average Bonchev–Trinajstić information content (AvgIpc) is 2.43. The Hall–Kier alpha value is -0.240. The van der Waals surface area contributed by atoms with E-state index in [1.807, 2.05) is 18.2 Å². The van der Waals surface area contributed by atoms with Crippen molar-refractivity contribution in [2.75, 3.05) is 0 Å². The van der Waals surface area contributed by atoms with E-state index in [4.69, 9.17) is 28.9 Å². The van der Waals surface area contributed by atoms with E-state index >= 15 is 0 Å². The van der Waals surface area contributed by atoms with Crippen molar-refractivity contribution in [2.24, 2.45) is 23.5 Å². The zero-order valence-corrected chi connectivity index (χ0v) is 13.9. The van der Waals surface area contributed by atoms with E-state index in [-0.39, 0.29) is 6.04 Å². The van der Waals surface area contributed by atoms with Crippen LogP contribution < -0.4 is 5.73 Å². The number of nitrogens with two attached hydrogens (primary N) is 1. The molecule has 0 aliphatic heterocycles. The number of halogens is 2. The molecule has 1 aromatic rings. The van der Waals surface area contributed by atoms with Crippen LogP contribution in [0, 0.1) is 17.8 Å². The highest BCUT2D eigenvalue weighted by Gasteiger charge is 2.27. The third-order valence-electron chi connectivity index (χ3n) is 4.83. The van der Waals surface area contributed by atoms with E-state index in [1.54, 1.807) is 0 Å². The van der Waals surface area contributed by atoms with Crippen LogP contribution in [0.4, 0.5) is 0 Å². The molecule has 1 aromatic carbocycles. The van der Waals surface area contributed by atoms with Gasteiger partial charge in [-0.3, -0.25) is 0 Å². The Balaban J connectivity index is 1.92. The Labute approximate surface area is 132 Å². The van der Waals surface area contributed by atoms with Gasteiger partial charge < -0.3 is 5.73 Å². The molecular weight excluding hydrogens is 289 g/mol. The second-order valence-corrected chi connectivity index (χ2v) is 7.37. The van der Waals surface area contributed by atoms with Gasteiger partial charge in [-0.25, -0.2) is 0 Å². The maximum Gasteiger partial charge on any atom is 0.0439 e. The van der Waals surface area contributed by atoms with Crippen molar-refractivity contribution in [3.05, 3.63) is 33.8 Å². The zero-order valence-electron chi connectivity index (χ0n) is 12.4. The SMILES string of the molecule is CC(C)C1CCC(C(N)Cc2cc(Cl)ccc2Cl)CC1. The van der Waals surface area contributed by atoms with Crippen LogP contribution in [-0.4, -0.2) is 6.04 Å². The Morgan fingerprint density at radius 3 is 2.30 bits per heavy atom. The van der Waals surface area contributed by atoms with Crippen LogP contribution in [-0.2, 0) is 6.42 Å². The molecule has 1 nitrogen and oxygen atoms in total. The molecule has 0 saturated heterocycles. The first-order valence-electron chi connectivity index (χ1n) is 7.67. The van der Waals surface area contributed by atoms with E-state index in [2.05, 4.69) is 13.8 Å². The second-order valence-electron chi connectivity index (χ2n) is 6.52. The first kappa shape index (κ1) is 16.1. The maximum absolute atomic E-state index is 6.42. The predicted molar refractivity (Wildman–Crippen MR) is 88.4 cm³/mol. The fraction of sp³-hybridized carbons (Fsp3) is 0.647. The van der Waals surface area contributed by atoms with Gasteiger partial charge in [0.1, 0.15) is 0 Å². The predicted octanol–water partition coefficient (Wildman–Crippen LogP) is 5.33. The molecule has 2 N–H and O–H groups in total. The highest BCUT2D eigenvalue weighted by molar-refractivity contribution is 6.33. The topological polar surface area (TPSA) is 26.0 Å². The van der Waals surface area contributed by atoms with E-state index < -0.39 is 0 Å². The molecule has 1 aliphatic rings. The smallest absolute Gasteiger partial charge is 0.0439 e. The summed E-state index contributed by atoms with van der Waals surface area (Å²) in [4.78, 5) is 0. The summed E-state index contributed by atoms with van der Waals surface area (Å²) >= 11 is 12.3. The number of benzene rings is 1. The lowest BCUT2D eigenvalue weighted by molar-refractivity contribution is 0.202. The van der Waals surface area contributed by atoms with Gasteiger partial charge in [-0.2, -0.15) is 0 Å². The molecule has 0 amide bonds. The Morgan fingerprint density at radius 1 is 1.10 bits per heavy atom. The van der Waals surface area contributed by atoms with Crippen molar-refractivity contribution in [3.63, 3.8) is 0 Å². The van der Waals surface area contributed by atoms with E-state index in [0.29, 0.717) is 5.92 Å². The van der Waals surface area contributed by atoms with Crippen molar-refractivity contribution in [1.82, 2.24) is 0 Å². The minimum atomic E-state index is 0.194. The summed E-state index contributed by atoms with van der Waals surface area (Å²) in [6.45, 7) is 4.66. The molecule has 1 aliphatic carbocycles. The van der Waals surface area contributed by atoms with Crippen molar-refractivity contribution in [1.29, 1.82) is 0 Å². The van der Waals surface area contributed by atoms with Gasteiger partial charge in [0.05, 0.1) is 0 Å². The first-order chi connectivity index (χ1) is 9.47. The van der Waals surface area contributed by atoms with Crippen LogP contribution in [0.15, 0.2) is 18.2 Å². The van der Waals surface area contributed by atoms with Gasteiger partial charge in [0, 0.05) is 16.1 Å². The second kappa shape index (κ2) is 7.15. The fourth-order valence-corrected chi connectivity index (χ4v) is 3.75. The van der Waals surface area contributed by atoms with Crippen LogP contribution in [0.2, 0.25) is 10.0 Å². The Morgan fingerprint density at radius 2 is 1.70 bits per heavy atom. The highest BCUT2D eigenvalue weighted by Crippen LogP contribution is 2.35. The monoisotopic (exact) mass is 313 g/mol. The van der Waals surface area contributed by atoms with Gasteiger partial charge in [0.2, 0.25) is 0 Å². The summed E-state index contributed by atoms with van der Waals surface area (Å²) in [5.41, 5.74) is 7.50. The minimum Gasteiger partial charge on any atom is -0.327 e. The lowest BCUT2D eigenvalue weighted by atomic mass is 9.74. The number of rotatable bonds is 4. The van der Waals surface area contributed by atoms with Crippen molar-refractivity contribution >= 4 is 23.2 Å². The summed E-state index contributed by atoms with van der Waals surface area (Å²) in [5, 5.41) is 1.51. The molecule has 0 aromatic heterocycles. The van der Waals surface area contributed by atoms with Crippen LogP contribution in [0.3, 0.4) is 0 Å². The molecule has 0 bridgehead atoms. The summed E-state index contributed by atoms with van der Waals surface area (Å²) in [6.07, 6.45) is 5.97. The molecule has 112 valence electrons. The normalized spacial score (nSPS) is 24.9. The van der Waals surface area contributed by atoms with Gasteiger partial charge in [-0.15, -0.1) is 0 Å². The van der Waals surface area contributed by atoms with Crippen molar-refractivity contribution in [3.8, 4) is 0 Å². The lowest BCUT2D eigenvalue weighted by Gasteiger charge is -2.34. The summed E-state index contributed by atoms with van der Waals surface area (Å²) < 4.78 is 0. The maximum atomic E-state index is 6.42. The minimum absolute atomic E-state index is 0.194. The quantitative estimate of drug-likeness (QED) is 0.799. The average molecular weight is 314 g/mol. The molecule has 1 saturated carbocycles. The standard InChI is InChI=1S/C17H25Cl2N/c1-11(2)12-3-5-13(6-4-12)17(20)10-14-9-15(18)7-8-16(14)19/h7-9,11-13,17H,3-6,10,20H2,1-2H3. The summed E-state index contributed by atoms with van der Waals surface area (Å²) in [5.74, 6) is 2.31. The first-order valence-corrected chi connectivity index (χ1v) is 8.42. The van der Waals surface area contributed by atoms with E-state index in [1.165, 1.54) is 25.7 Å². The van der Waals surface area contributed by atoms with Gasteiger partial charge in [0.25, 0.3) is 0 Å². The van der Waals surface area contributed by atoms with E-state index in [9.17, 15) is 0 Å². The van der Waals surface area contributed by atoms with Crippen molar-refractivity contribution < 1.29 is 0 Å². The molecule has 0 spiro atoms. The Bertz CT molecular complexity index is 437. The van der Waals surface area contributed by atoms with Gasteiger partial charge in [-0.05, 0) is 73.6 Å². The summed E-state index contributed by atoms with van der Waals surface area (Å²) in [6, 6.07) is 5.83. The summed E-state index contributed by atoms with van der Waals surface area (Å²) in [7, 11) is 0. The molecule has 0 heterocycles. The van der Waals surface area contributed by atoms with Gasteiger partial charge >= 0.3 is 0 Å². The molecular formula is C17H25Cl2N.